The van der Waals surface area contributed by atoms with Crippen molar-refractivity contribution in [3.8, 4) is 0 Å². The first-order valence-corrected chi connectivity index (χ1v) is 13.5. The molecule has 1 aromatic carbocycles. The fourth-order valence-electron chi connectivity index (χ4n) is 4.35. The SMILES string of the molecule is CC(C)(C)N1CCC(Cc2cccc(S(=O)(=O)C(F)(F)F)c2)CC1.CC(C)(C)N1CCOCC1. The average molecular weight is 507 g/mol. The first kappa shape index (κ1) is 29.1. The summed E-state index contributed by atoms with van der Waals surface area (Å²) in [6.45, 7) is 19.1. The van der Waals surface area contributed by atoms with Gasteiger partial charge in [-0.25, -0.2) is 8.42 Å². The van der Waals surface area contributed by atoms with E-state index in [4.69, 9.17) is 4.74 Å². The minimum absolute atomic E-state index is 0.117. The Hall–Kier alpha value is -1.16. The van der Waals surface area contributed by atoms with Crippen LogP contribution in [0.25, 0.3) is 0 Å². The van der Waals surface area contributed by atoms with E-state index in [0.29, 0.717) is 23.4 Å². The molecule has 0 amide bonds. The molecule has 2 fully saturated rings. The Kier molecular flexibility index (Phi) is 9.64. The van der Waals surface area contributed by atoms with E-state index >= 15 is 0 Å². The molecule has 0 radical (unpaired) electrons. The summed E-state index contributed by atoms with van der Waals surface area (Å²) in [7, 11) is -5.28. The minimum Gasteiger partial charge on any atom is -0.379 e. The zero-order valence-electron chi connectivity index (χ0n) is 21.4. The molecule has 0 saturated carbocycles. The van der Waals surface area contributed by atoms with Crippen LogP contribution in [0.5, 0.6) is 0 Å². The molecule has 0 bridgehead atoms. The van der Waals surface area contributed by atoms with Gasteiger partial charge >= 0.3 is 5.51 Å². The standard InChI is InChI=1S/C17H24F3NO2S.C8H17NO/c1-16(2,3)21-9-7-13(8-10-21)11-14-5-4-6-15(12-14)24(22,23)17(18,19)20;1-8(2,3)9-4-6-10-7-5-9/h4-6,12-13H,7-11H2,1-3H3;4-7H2,1-3H3. The first-order valence-electron chi connectivity index (χ1n) is 12.0. The maximum Gasteiger partial charge on any atom is 0.501 e. The molecular weight excluding hydrogens is 465 g/mol. The van der Waals surface area contributed by atoms with Crippen molar-refractivity contribution in [1.29, 1.82) is 0 Å². The number of hydrogen-bond acceptors (Lipinski definition) is 5. The van der Waals surface area contributed by atoms with Crippen LogP contribution in [-0.4, -0.2) is 74.2 Å². The van der Waals surface area contributed by atoms with E-state index in [2.05, 4.69) is 51.3 Å². The Balaban J connectivity index is 0.000000340. The van der Waals surface area contributed by atoms with Gasteiger partial charge in [-0.2, -0.15) is 13.2 Å². The Bertz CT molecular complexity index is 876. The van der Waals surface area contributed by atoms with E-state index in [9.17, 15) is 21.6 Å². The fraction of sp³-hybridized carbons (Fsp3) is 0.760. The highest BCUT2D eigenvalue weighted by atomic mass is 32.2. The lowest BCUT2D eigenvalue weighted by molar-refractivity contribution is -0.0436. The number of halogens is 3. The molecule has 0 aliphatic carbocycles. The van der Waals surface area contributed by atoms with Gasteiger partial charge in [0.25, 0.3) is 9.84 Å². The second-order valence-corrected chi connectivity index (χ2v) is 13.1. The van der Waals surface area contributed by atoms with Gasteiger partial charge in [-0.15, -0.1) is 0 Å². The molecule has 1 aromatic rings. The molecule has 2 aliphatic heterocycles. The van der Waals surface area contributed by atoms with Crippen molar-refractivity contribution in [1.82, 2.24) is 9.80 Å². The number of hydrogen-bond donors (Lipinski definition) is 0. The summed E-state index contributed by atoms with van der Waals surface area (Å²) in [5, 5.41) is 0. The number of nitrogens with zero attached hydrogens (tertiary/aromatic N) is 2. The van der Waals surface area contributed by atoms with Crippen molar-refractivity contribution in [2.75, 3.05) is 39.4 Å². The summed E-state index contributed by atoms with van der Waals surface area (Å²) in [6, 6.07) is 5.26. The van der Waals surface area contributed by atoms with E-state index in [0.717, 1.165) is 58.3 Å². The molecule has 0 aromatic heterocycles. The van der Waals surface area contributed by atoms with Gasteiger partial charge in [0, 0.05) is 24.2 Å². The second kappa shape index (κ2) is 11.3. The van der Waals surface area contributed by atoms with Gasteiger partial charge in [-0.05, 0) is 97.5 Å². The summed E-state index contributed by atoms with van der Waals surface area (Å²) in [5.74, 6) is 0.368. The summed E-state index contributed by atoms with van der Waals surface area (Å²) >= 11 is 0. The van der Waals surface area contributed by atoms with E-state index in [1.165, 1.54) is 12.1 Å². The zero-order valence-corrected chi connectivity index (χ0v) is 22.2. The summed E-state index contributed by atoms with van der Waals surface area (Å²) in [6.07, 6.45) is 2.54. The highest BCUT2D eigenvalue weighted by Gasteiger charge is 2.46. The molecule has 2 heterocycles. The van der Waals surface area contributed by atoms with Crippen molar-refractivity contribution in [3.05, 3.63) is 29.8 Å². The molecular formula is C25H41F3N2O3S. The monoisotopic (exact) mass is 506 g/mol. The molecule has 0 atom stereocenters. The third kappa shape index (κ3) is 8.21. The highest BCUT2D eigenvalue weighted by Crippen LogP contribution is 2.32. The third-order valence-corrected chi connectivity index (χ3v) is 8.04. The van der Waals surface area contributed by atoms with E-state index < -0.39 is 20.2 Å². The normalized spacial score (nSPS) is 20.0. The molecule has 196 valence electrons. The van der Waals surface area contributed by atoms with Gasteiger partial charge in [0.15, 0.2) is 0 Å². The molecule has 0 spiro atoms. The highest BCUT2D eigenvalue weighted by molar-refractivity contribution is 7.92. The molecule has 5 nitrogen and oxygen atoms in total. The smallest absolute Gasteiger partial charge is 0.379 e. The molecule has 2 aliphatic rings. The molecule has 0 unspecified atom stereocenters. The van der Waals surface area contributed by atoms with Crippen molar-refractivity contribution in [3.63, 3.8) is 0 Å². The number of morpholine rings is 1. The lowest BCUT2D eigenvalue weighted by Crippen LogP contribution is -2.47. The minimum atomic E-state index is -5.28. The van der Waals surface area contributed by atoms with Crippen molar-refractivity contribution < 1.29 is 26.3 Å². The maximum atomic E-state index is 12.7. The quantitative estimate of drug-likeness (QED) is 0.568. The third-order valence-electron chi connectivity index (χ3n) is 6.56. The van der Waals surface area contributed by atoms with Crippen LogP contribution in [0.4, 0.5) is 13.2 Å². The number of alkyl halides is 3. The fourth-order valence-corrected chi connectivity index (χ4v) is 5.18. The Morgan fingerprint density at radius 3 is 1.82 bits per heavy atom. The Morgan fingerprint density at radius 2 is 1.38 bits per heavy atom. The van der Waals surface area contributed by atoms with Gasteiger partial charge in [0.2, 0.25) is 0 Å². The first-order chi connectivity index (χ1) is 15.5. The Labute approximate surface area is 203 Å². The second-order valence-electron chi connectivity index (χ2n) is 11.2. The number of piperidine rings is 1. The van der Waals surface area contributed by atoms with Gasteiger partial charge < -0.3 is 4.74 Å². The van der Waals surface area contributed by atoms with Gasteiger partial charge in [-0.1, -0.05) is 12.1 Å². The largest absolute Gasteiger partial charge is 0.501 e. The number of benzene rings is 1. The van der Waals surface area contributed by atoms with Crippen LogP contribution in [0, 0.1) is 5.92 Å². The zero-order chi connectivity index (χ0) is 25.8. The van der Waals surface area contributed by atoms with E-state index in [-0.39, 0.29) is 5.54 Å². The number of rotatable bonds is 3. The lowest BCUT2D eigenvalue weighted by Gasteiger charge is -2.41. The number of sulfone groups is 1. The van der Waals surface area contributed by atoms with Crippen molar-refractivity contribution >= 4 is 9.84 Å². The molecule has 3 rings (SSSR count). The van der Waals surface area contributed by atoms with Crippen LogP contribution in [0.2, 0.25) is 0 Å². The number of likely N-dealkylation sites (tertiary alicyclic amines) is 1. The van der Waals surface area contributed by atoms with Crippen LogP contribution in [0.1, 0.15) is 59.9 Å². The van der Waals surface area contributed by atoms with Crippen molar-refractivity contribution in [2.45, 2.75) is 82.3 Å². The molecule has 0 N–H and O–H groups in total. The van der Waals surface area contributed by atoms with Crippen molar-refractivity contribution in [2.24, 2.45) is 5.92 Å². The lowest BCUT2D eigenvalue weighted by atomic mass is 9.88. The Morgan fingerprint density at radius 1 is 0.882 bits per heavy atom. The van der Waals surface area contributed by atoms with Crippen LogP contribution in [0.3, 0.4) is 0 Å². The summed E-state index contributed by atoms with van der Waals surface area (Å²) in [4.78, 5) is 4.18. The predicted molar refractivity (Wildman–Crippen MR) is 130 cm³/mol. The number of ether oxygens (including phenoxy) is 1. The van der Waals surface area contributed by atoms with E-state index in [1.54, 1.807) is 6.07 Å². The average Bonchev–Trinajstić information content (AvgIpc) is 2.73. The van der Waals surface area contributed by atoms with Crippen LogP contribution in [0.15, 0.2) is 29.2 Å². The van der Waals surface area contributed by atoms with Crippen LogP contribution in [-0.2, 0) is 21.0 Å². The summed E-state index contributed by atoms with van der Waals surface area (Å²) < 4.78 is 66.3. The topological polar surface area (TPSA) is 49.9 Å². The van der Waals surface area contributed by atoms with Crippen LogP contribution < -0.4 is 0 Å². The molecule has 9 heteroatoms. The molecule has 2 saturated heterocycles. The van der Waals surface area contributed by atoms with Gasteiger partial charge in [-0.3, -0.25) is 9.80 Å². The van der Waals surface area contributed by atoms with Crippen LogP contribution >= 0.6 is 0 Å². The summed E-state index contributed by atoms with van der Waals surface area (Å²) in [5.41, 5.74) is -4.17. The predicted octanol–water partition coefficient (Wildman–Crippen LogP) is 5.15. The molecule has 34 heavy (non-hydrogen) atoms. The van der Waals surface area contributed by atoms with Gasteiger partial charge in [0.05, 0.1) is 18.1 Å². The van der Waals surface area contributed by atoms with E-state index in [1.807, 2.05) is 0 Å². The van der Waals surface area contributed by atoms with Gasteiger partial charge in [0.1, 0.15) is 0 Å². The maximum absolute atomic E-state index is 12.7.